The number of fused-ring (bicyclic) bond motifs is 1. The topological polar surface area (TPSA) is 65.8 Å². The van der Waals surface area contributed by atoms with Crippen molar-refractivity contribution in [2.75, 3.05) is 31.1 Å². The standard InChI is InChI=1S/C21H23ClFN3O3/c22-17-18-14(20(27)15(21(28)29)11-26(18)12-3-4-12)9-16(23)19(17)25-8-5-13(10-25)24-6-1-2-7-24/h9,11-13H,1-8,10H2,(H,28,29)/t13-/m1/s1. The third kappa shape index (κ3) is 3.11. The van der Waals surface area contributed by atoms with Crippen LogP contribution in [-0.2, 0) is 0 Å². The molecule has 1 aliphatic carbocycles. The molecule has 0 amide bonds. The van der Waals surface area contributed by atoms with E-state index in [9.17, 15) is 14.7 Å². The van der Waals surface area contributed by atoms with Gasteiger partial charge in [0.25, 0.3) is 0 Å². The van der Waals surface area contributed by atoms with Crippen LogP contribution in [0.4, 0.5) is 10.1 Å². The number of hydrogen-bond donors (Lipinski definition) is 1. The Labute approximate surface area is 172 Å². The number of hydrogen-bond acceptors (Lipinski definition) is 4. The largest absolute Gasteiger partial charge is 0.477 e. The Morgan fingerprint density at radius 3 is 2.52 bits per heavy atom. The molecule has 2 saturated heterocycles. The molecule has 154 valence electrons. The zero-order valence-corrected chi connectivity index (χ0v) is 16.8. The summed E-state index contributed by atoms with van der Waals surface area (Å²) in [4.78, 5) is 28.6. The van der Waals surface area contributed by atoms with Crippen LogP contribution in [0.1, 0.15) is 48.5 Å². The molecule has 2 aromatic rings. The summed E-state index contributed by atoms with van der Waals surface area (Å²) in [6, 6.07) is 1.67. The van der Waals surface area contributed by atoms with E-state index in [-0.39, 0.29) is 22.0 Å². The third-order valence-electron chi connectivity index (χ3n) is 6.49. The lowest BCUT2D eigenvalue weighted by atomic mass is 10.1. The number of carboxylic acid groups (broad SMARTS) is 1. The van der Waals surface area contributed by atoms with Crippen LogP contribution >= 0.6 is 11.6 Å². The highest BCUT2D eigenvalue weighted by Crippen LogP contribution is 2.43. The van der Waals surface area contributed by atoms with Crippen molar-refractivity contribution in [1.82, 2.24) is 9.47 Å². The number of carbonyl (C=O) groups is 1. The lowest BCUT2D eigenvalue weighted by Crippen LogP contribution is -2.35. The van der Waals surface area contributed by atoms with Crippen molar-refractivity contribution in [3.63, 3.8) is 0 Å². The van der Waals surface area contributed by atoms with E-state index in [0.717, 1.165) is 32.4 Å². The fraction of sp³-hybridized carbons (Fsp3) is 0.524. The molecule has 3 heterocycles. The predicted octanol–water partition coefficient (Wildman–Crippen LogP) is 3.50. The summed E-state index contributed by atoms with van der Waals surface area (Å²) in [5.41, 5.74) is -0.251. The molecular weight excluding hydrogens is 397 g/mol. The van der Waals surface area contributed by atoms with Gasteiger partial charge in [0.1, 0.15) is 11.4 Å². The van der Waals surface area contributed by atoms with E-state index in [0.29, 0.717) is 30.3 Å². The molecule has 0 radical (unpaired) electrons. The van der Waals surface area contributed by atoms with Crippen molar-refractivity contribution >= 4 is 34.2 Å². The SMILES string of the molecule is O=C(O)c1cn(C2CC2)c2c(Cl)c(N3CC[C@@H](N4CCCC4)C3)c(F)cc2c1=O. The third-order valence-corrected chi connectivity index (χ3v) is 6.85. The molecule has 1 atom stereocenters. The first-order valence-corrected chi connectivity index (χ1v) is 10.6. The Kier molecular flexibility index (Phi) is 4.55. The Hall–Kier alpha value is -2.12. The zero-order chi connectivity index (χ0) is 20.3. The lowest BCUT2D eigenvalue weighted by molar-refractivity contribution is 0.0695. The average Bonchev–Trinajstić information content (AvgIpc) is 3.16. The second kappa shape index (κ2) is 6.99. The Balaban J connectivity index is 1.62. The summed E-state index contributed by atoms with van der Waals surface area (Å²) < 4.78 is 16.9. The first-order chi connectivity index (χ1) is 14.0. The van der Waals surface area contributed by atoms with Gasteiger partial charge in [-0.15, -0.1) is 0 Å². The molecule has 0 unspecified atom stereocenters. The first-order valence-electron chi connectivity index (χ1n) is 10.2. The second-order valence-electron chi connectivity index (χ2n) is 8.36. The number of aromatic carboxylic acids is 1. The van der Waals surface area contributed by atoms with Gasteiger partial charge >= 0.3 is 5.97 Å². The Morgan fingerprint density at radius 2 is 1.86 bits per heavy atom. The van der Waals surface area contributed by atoms with Crippen molar-refractivity contribution in [2.45, 2.75) is 44.2 Å². The molecule has 8 heteroatoms. The van der Waals surface area contributed by atoms with Gasteiger partial charge in [0.05, 0.1) is 21.6 Å². The van der Waals surface area contributed by atoms with Crippen molar-refractivity contribution in [3.05, 3.63) is 38.9 Å². The van der Waals surface area contributed by atoms with E-state index in [1.54, 1.807) is 4.57 Å². The summed E-state index contributed by atoms with van der Waals surface area (Å²) in [5, 5.41) is 9.65. The van der Waals surface area contributed by atoms with Crippen molar-refractivity contribution < 1.29 is 14.3 Å². The number of pyridine rings is 1. The van der Waals surface area contributed by atoms with Gasteiger partial charge in [-0.1, -0.05) is 11.6 Å². The Bertz CT molecular complexity index is 1060. The minimum absolute atomic E-state index is 0.0401. The van der Waals surface area contributed by atoms with Gasteiger partial charge in [-0.25, -0.2) is 9.18 Å². The van der Waals surface area contributed by atoms with Crippen molar-refractivity contribution in [3.8, 4) is 0 Å². The van der Waals surface area contributed by atoms with Crippen LogP contribution in [-0.4, -0.2) is 52.8 Å². The number of rotatable bonds is 4. The molecular formula is C21H23ClFN3O3. The molecule has 2 aliphatic heterocycles. The van der Waals surface area contributed by atoms with Gasteiger partial charge in [-0.3, -0.25) is 9.69 Å². The van der Waals surface area contributed by atoms with E-state index in [1.807, 2.05) is 4.90 Å². The fourth-order valence-corrected chi connectivity index (χ4v) is 5.27. The number of carboxylic acids is 1. The van der Waals surface area contributed by atoms with Crippen LogP contribution in [0.2, 0.25) is 5.02 Å². The molecule has 3 aliphatic rings. The summed E-state index contributed by atoms with van der Waals surface area (Å²) in [6.07, 6.45) is 6.53. The monoisotopic (exact) mass is 419 g/mol. The maximum Gasteiger partial charge on any atom is 0.341 e. The normalized spacial score (nSPS) is 22.7. The Morgan fingerprint density at radius 1 is 1.14 bits per heavy atom. The van der Waals surface area contributed by atoms with Crippen LogP contribution in [0, 0.1) is 5.82 Å². The molecule has 0 bridgehead atoms. The fourth-order valence-electron chi connectivity index (χ4n) is 4.86. The van der Waals surface area contributed by atoms with E-state index in [1.165, 1.54) is 25.1 Å². The van der Waals surface area contributed by atoms with Crippen molar-refractivity contribution in [1.29, 1.82) is 0 Å². The average molecular weight is 420 g/mol. The maximum atomic E-state index is 15.2. The van der Waals surface area contributed by atoms with Gasteiger partial charge < -0.3 is 14.6 Å². The number of likely N-dealkylation sites (tertiary alicyclic amines) is 1. The van der Waals surface area contributed by atoms with Crippen LogP contribution in [0.3, 0.4) is 0 Å². The molecule has 29 heavy (non-hydrogen) atoms. The molecule has 6 nitrogen and oxygen atoms in total. The molecule has 5 rings (SSSR count). The van der Waals surface area contributed by atoms with Gasteiger partial charge in [-0.2, -0.15) is 0 Å². The second-order valence-corrected chi connectivity index (χ2v) is 8.74. The summed E-state index contributed by atoms with van der Waals surface area (Å²) >= 11 is 6.71. The van der Waals surface area contributed by atoms with E-state index >= 15 is 4.39 Å². The maximum absolute atomic E-state index is 15.2. The number of anilines is 1. The first kappa shape index (κ1) is 18.9. The predicted molar refractivity (Wildman–Crippen MR) is 110 cm³/mol. The molecule has 0 spiro atoms. The van der Waals surface area contributed by atoms with Crippen molar-refractivity contribution in [2.24, 2.45) is 0 Å². The number of halogens is 2. The summed E-state index contributed by atoms with van der Waals surface area (Å²) in [7, 11) is 0. The molecule has 1 N–H and O–H groups in total. The van der Waals surface area contributed by atoms with Gasteiger partial charge in [0, 0.05) is 31.4 Å². The van der Waals surface area contributed by atoms with Gasteiger partial charge in [-0.05, 0) is 51.3 Å². The highest BCUT2D eigenvalue weighted by atomic mass is 35.5. The van der Waals surface area contributed by atoms with E-state index in [2.05, 4.69) is 4.90 Å². The highest BCUT2D eigenvalue weighted by molar-refractivity contribution is 6.38. The molecule has 1 saturated carbocycles. The number of nitrogens with zero attached hydrogens (tertiary/aromatic N) is 3. The van der Waals surface area contributed by atoms with Crippen LogP contribution in [0.15, 0.2) is 17.1 Å². The molecule has 1 aromatic carbocycles. The van der Waals surface area contributed by atoms with Crippen LogP contribution in [0.5, 0.6) is 0 Å². The van der Waals surface area contributed by atoms with Crippen LogP contribution < -0.4 is 10.3 Å². The van der Waals surface area contributed by atoms with E-state index in [4.69, 9.17) is 11.6 Å². The minimum Gasteiger partial charge on any atom is -0.477 e. The quantitative estimate of drug-likeness (QED) is 0.821. The van der Waals surface area contributed by atoms with Gasteiger partial charge in [0.15, 0.2) is 0 Å². The smallest absolute Gasteiger partial charge is 0.341 e. The molecule has 1 aromatic heterocycles. The summed E-state index contributed by atoms with van der Waals surface area (Å²) in [6.45, 7) is 3.60. The van der Waals surface area contributed by atoms with Crippen LogP contribution in [0.25, 0.3) is 10.9 Å². The zero-order valence-electron chi connectivity index (χ0n) is 16.0. The minimum atomic E-state index is -1.31. The number of benzene rings is 1. The van der Waals surface area contributed by atoms with E-state index < -0.39 is 17.2 Å². The van der Waals surface area contributed by atoms with Gasteiger partial charge in [0.2, 0.25) is 5.43 Å². The summed E-state index contributed by atoms with van der Waals surface area (Å²) in [5.74, 6) is -1.87. The highest BCUT2D eigenvalue weighted by Gasteiger charge is 2.34. The number of aromatic nitrogens is 1. The lowest BCUT2D eigenvalue weighted by Gasteiger charge is -2.26. The molecule has 3 fully saturated rings.